The van der Waals surface area contributed by atoms with E-state index in [9.17, 15) is 4.39 Å². The number of nitrogens with zero attached hydrogens (tertiary/aromatic N) is 4. The van der Waals surface area contributed by atoms with Crippen molar-refractivity contribution in [3.8, 4) is 0 Å². The standard InChI is InChI=1S/C17H18FN5O/c1-11-15-16(19-10-20-17(15)24-22-11)23-8-6-12(7-9-23)21-14-5-3-2-4-13(14)18/h2-5,10,12,21H,6-9H2,1H3. The number of benzene rings is 1. The smallest absolute Gasteiger partial charge is 0.263 e. The molecule has 0 bridgehead atoms. The third-order valence-corrected chi connectivity index (χ3v) is 4.45. The van der Waals surface area contributed by atoms with E-state index in [2.05, 4.69) is 25.3 Å². The second kappa shape index (κ2) is 6.07. The summed E-state index contributed by atoms with van der Waals surface area (Å²) < 4.78 is 19.0. The Morgan fingerprint density at radius 3 is 2.79 bits per heavy atom. The number of piperidine rings is 1. The first-order chi connectivity index (χ1) is 11.7. The number of aromatic nitrogens is 3. The van der Waals surface area contributed by atoms with Crippen molar-refractivity contribution in [3.05, 3.63) is 42.1 Å². The summed E-state index contributed by atoms with van der Waals surface area (Å²) in [5.74, 6) is 0.653. The maximum atomic E-state index is 13.8. The normalized spacial score (nSPS) is 15.8. The molecular weight excluding hydrogens is 309 g/mol. The Bertz CT molecular complexity index is 857. The van der Waals surface area contributed by atoms with Crippen LogP contribution in [-0.4, -0.2) is 34.3 Å². The van der Waals surface area contributed by atoms with Gasteiger partial charge in [0, 0.05) is 19.1 Å². The number of anilines is 2. The molecule has 0 saturated carbocycles. The Balaban J connectivity index is 1.48. The monoisotopic (exact) mass is 327 g/mol. The Morgan fingerprint density at radius 2 is 2.00 bits per heavy atom. The fourth-order valence-electron chi connectivity index (χ4n) is 3.18. The summed E-state index contributed by atoms with van der Waals surface area (Å²) in [4.78, 5) is 10.8. The first-order valence-electron chi connectivity index (χ1n) is 8.05. The number of aryl methyl sites for hydroxylation is 1. The van der Waals surface area contributed by atoms with Crippen LogP contribution in [0, 0.1) is 12.7 Å². The summed E-state index contributed by atoms with van der Waals surface area (Å²) in [5, 5.41) is 8.15. The molecule has 1 aromatic carbocycles. The van der Waals surface area contributed by atoms with E-state index in [1.165, 1.54) is 12.4 Å². The van der Waals surface area contributed by atoms with Gasteiger partial charge >= 0.3 is 0 Å². The predicted molar refractivity (Wildman–Crippen MR) is 89.6 cm³/mol. The first kappa shape index (κ1) is 14.9. The van der Waals surface area contributed by atoms with E-state index in [0.717, 1.165) is 42.8 Å². The molecule has 1 aliphatic heterocycles. The van der Waals surface area contributed by atoms with Gasteiger partial charge in [0.05, 0.1) is 11.4 Å². The minimum Gasteiger partial charge on any atom is -0.380 e. The average Bonchev–Trinajstić information content (AvgIpc) is 2.99. The van der Waals surface area contributed by atoms with Gasteiger partial charge in [-0.25, -0.2) is 9.37 Å². The molecular formula is C17H18FN5O. The molecule has 2 aromatic heterocycles. The molecule has 3 heterocycles. The fraction of sp³-hybridized carbons (Fsp3) is 0.353. The molecule has 24 heavy (non-hydrogen) atoms. The Morgan fingerprint density at radius 1 is 1.21 bits per heavy atom. The molecule has 0 unspecified atom stereocenters. The van der Waals surface area contributed by atoms with Crippen LogP contribution >= 0.6 is 0 Å². The van der Waals surface area contributed by atoms with Gasteiger partial charge in [-0.3, -0.25) is 0 Å². The molecule has 3 aromatic rings. The van der Waals surface area contributed by atoms with Crippen LogP contribution < -0.4 is 10.2 Å². The number of fused-ring (bicyclic) bond motifs is 1. The van der Waals surface area contributed by atoms with E-state index in [-0.39, 0.29) is 11.9 Å². The highest BCUT2D eigenvalue weighted by Crippen LogP contribution is 2.28. The molecule has 0 radical (unpaired) electrons. The van der Waals surface area contributed by atoms with Crippen molar-refractivity contribution in [2.45, 2.75) is 25.8 Å². The highest BCUT2D eigenvalue weighted by atomic mass is 19.1. The zero-order valence-electron chi connectivity index (χ0n) is 13.4. The van der Waals surface area contributed by atoms with Gasteiger partial charge in [0.25, 0.3) is 5.71 Å². The predicted octanol–water partition coefficient (Wildman–Crippen LogP) is 3.15. The number of para-hydroxylation sites is 1. The Hall–Kier alpha value is -2.70. The van der Waals surface area contributed by atoms with Gasteiger partial charge < -0.3 is 14.7 Å². The average molecular weight is 327 g/mol. The van der Waals surface area contributed by atoms with Crippen molar-refractivity contribution in [1.82, 2.24) is 15.1 Å². The zero-order valence-corrected chi connectivity index (χ0v) is 13.4. The molecule has 1 fully saturated rings. The van der Waals surface area contributed by atoms with Gasteiger partial charge in [0.15, 0.2) is 0 Å². The number of rotatable bonds is 3. The second-order valence-corrected chi connectivity index (χ2v) is 6.03. The summed E-state index contributed by atoms with van der Waals surface area (Å²) in [5.41, 5.74) is 1.88. The molecule has 1 saturated heterocycles. The number of hydrogen-bond donors (Lipinski definition) is 1. The molecule has 0 spiro atoms. The molecule has 4 rings (SSSR count). The quantitative estimate of drug-likeness (QED) is 0.797. The molecule has 0 atom stereocenters. The lowest BCUT2D eigenvalue weighted by atomic mass is 10.0. The van der Waals surface area contributed by atoms with E-state index in [0.29, 0.717) is 11.4 Å². The number of halogens is 1. The SMILES string of the molecule is Cc1noc2ncnc(N3CCC(Nc4ccccc4F)CC3)c12. The van der Waals surface area contributed by atoms with Gasteiger partial charge in [0.2, 0.25) is 0 Å². The zero-order chi connectivity index (χ0) is 16.5. The fourth-order valence-corrected chi connectivity index (χ4v) is 3.18. The lowest BCUT2D eigenvalue weighted by molar-refractivity contribution is 0.442. The molecule has 0 amide bonds. The maximum absolute atomic E-state index is 13.8. The minimum atomic E-state index is -0.211. The minimum absolute atomic E-state index is 0.211. The van der Waals surface area contributed by atoms with Crippen LogP contribution in [0.5, 0.6) is 0 Å². The van der Waals surface area contributed by atoms with Crippen LogP contribution in [0.25, 0.3) is 11.1 Å². The number of hydrogen-bond acceptors (Lipinski definition) is 6. The lowest BCUT2D eigenvalue weighted by Gasteiger charge is -2.33. The second-order valence-electron chi connectivity index (χ2n) is 6.03. The van der Waals surface area contributed by atoms with Gasteiger partial charge in [-0.1, -0.05) is 17.3 Å². The summed E-state index contributed by atoms with van der Waals surface area (Å²) >= 11 is 0. The van der Waals surface area contributed by atoms with Crippen molar-refractivity contribution >= 4 is 22.6 Å². The van der Waals surface area contributed by atoms with Gasteiger partial charge in [0.1, 0.15) is 23.3 Å². The highest BCUT2D eigenvalue weighted by molar-refractivity contribution is 5.87. The third kappa shape index (κ3) is 2.66. The first-order valence-corrected chi connectivity index (χ1v) is 8.05. The number of nitrogens with one attached hydrogen (secondary N) is 1. The van der Waals surface area contributed by atoms with E-state index in [1.807, 2.05) is 13.0 Å². The van der Waals surface area contributed by atoms with E-state index in [4.69, 9.17) is 4.52 Å². The summed E-state index contributed by atoms with van der Waals surface area (Å²) in [7, 11) is 0. The van der Waals surface area contributed by atoms with Crippen LogP contribution in [0.2, 0.25) is 0 Å². The topological polar surface area (TPSA) is 67.1 Å². The van der Waals surface area contributed by atoms with E-state index >= 15 is 0 Å². The van der Waals surface area contributed by atoms with Crippen LogP contribution in [0.15, 0.2) is 35.1 Å². The highest BCUT2D eigenvalue weighted by Gasteiger charge is 2.24. The molecule has 1 aliphatic rings. The van der Waals surface area contributed by atoms with Gasteiger partial charge in [-0.2, -0.15) is 4.98 Å². The summed E-state index contributed by atoms with van der Waals surface area (Å²) in [6.45, 7) is 3.57. The molecule has 1 N–H and O–H groups in total. The van der Waals surface area contributed by atoms with Crippen LogP contribution in [0.1, 0.15) is 18.5 Å². The Kier molecular flexibility index (Phi) is 3.76. The van der Waals surface area contributed by atoms with Crippen molar-refractivity contribution in [3.63, 3.8) is 0 Å². The van der Waals surface area contributed by atoms with Gasteiger partial charge in [-0.05, 0) is 31.9 Å². The van der Waals surface area contributed by atoms with Crippen molar-refractivity contribution in [2.75, 3.05) is 23.3 Å². The molecule has 124 valence electrons. The molecule has 0 aliphatic carbocycles. The van der Waals surface area contributed by atoms with Gasteiger partial charge in [-0.15, -0.1) is 0 Å². The lowest BCUT2D eigenvalue weighted by Crippen LogP contribution is -2.39. The Labute approximate surface area is 138 Å². The van der Waals surface area contributed by atoms with E-state index in [1.54, 1.807) is 12.1 Å². The molecule has 7 heteroatoms. The van der Waals surface area contributed by atoms with Crippen molar-refractivity contribution < 1.29 is 8.91 Å². The maximum Gasteiger partial charge on any atom is 0.263 e. The largest absolute Gasteiger partial charge is 0.380 e. The van der Waals surface area contributed by atoms with Crippen molar-refractivity contribution in [1.29, 1.82) is 0 Å². The van der Waals surface area contributed by atoms with Crippen molar-refractivity contribution in [2.24, 2.45) is 0 Å². The van der Waals surface area contributed by atoms with Crippen LogP contribution in [0.4, 0.5) is 15.9 Å². The third-order valence-electron chi connectivity index (χ3n) is 4.45. The summed E-state index contributed by atoms with van der Waals surface area (Å²) in [6, 6.07) is 7.04. The molecule has 6 nitrogen and oxygen atoms in total. The van der Waals surface area contributed by atoms with E-state index < -0.39 is 0 Å². The van der Waals surface area contributed by atoms with Crippen LogP contribution in [0.3, 0.4) is 0 Å². The van der Waals surface area contributed by atoms with Crippen LogP contribution in [-0.2, 0) is 0 Å². The summed E-state index contributed by atoms with van der Waals surface area (Å²) in [6.07, 6.45) is 3.32.